The number of likely N-dealkylation sites (tertiary alicyclic amines) is 1. The topological polar surface area (TPSA) is 50.8 Å². The molecule has 0 bridgehead atoms. The first kappa shape index (κ1) is 21.1. The van der Waals surface area contributed by atoms with Crippen LogP contribution >= 0.6 is 0 Å². The Balaban J connectivity index is 1.31. The lowest BCUT2D eigenvalue weighted by atomic mass is 10.0. The van der Waals surface area contributed by atoms with E-state index in [0.717, 1.165) is 38.2 Å². The van der Waals surface area contributed by atoms with Crippen LogP contribution in [0, 0.1) is 5.82 Å². The predicted molar refractivity (Wildman–Crippen MR) is 111 cm³/mol. The molecule has 2 aromatic rings. The molecule has 0 unspecified atom stereocenters. The molecule has 156 valence electrons. The molecule has 0 aromatic heterocycles. The summed E-state index contributed by atoms with van der Waals surface area (Å²) in [5, 5.41) is 3.13. The Labute approximate surface area is 171 Å². The molecule has 6 heteroatoms. The zero-order valence-electron chi connectivity index (χ0n) is 16.9. The van der Waals surface area contributed by atoms with Crippen LogP contribution in [0.5, 0.6) is 11.5 Å². The number of nitrogens with zero attached hydrogens (tertiary/aromatic N) is 1. The molecule has 1 amide bonds. The number of halogens is 1. The summed E-state index contributed by atoms with van der Waals surface area (Å²) in [7, 11) is 1.68. The summed E-state index contributed by atoms with van der Waals surface area (Å²) < 4.78 is 23.9. The van der Waals surface area contributed by atoms with Crippen molar-refractivity contribution in [1.29, 1.82) is 0 Å². The minimum absolute atomic E-state index is 0.0547. The second-order valence-corrected chi connectivity index (χ2v) is 7.38. The summed E-state index contributed by atoms with van der Waals surface area (Å²) in [6.07, 6.45) is 2.93. The second-order valence-electron chi connectivity index (χ2n) is 7.38. The third-order valence-corrected chi connectivity index (χ3v) is 5.11. The van der Waals surface area contributed by atoms with Gasteiger partial charge in [0.2, 0.25) is 5.91 Å². The SMILES string of the molecule is COc1cccc(CN2CCC(NC(=O)CCCOc3cccc(F)c3)CC2)c1. The maximum Gasteiger partial charge on any atom is 0.220 e. The lowest BCUT2D eigenvalue weighted by Gasteiger charge is -2.32. The van der Waals surface area contributed by atoms with Crippen molar-refractivity contribution in [2.75, 3.05) is 26.8 Å². The Morgan fingerprint density at radius 3 is 2.66 bits per heavy atom. The number of amides is 1. The molecule has 2 aromatic carbocycles. The van der Waals surface area contributed by atoms with Crippen LogP contribution in [0.15, 0.2) is 48.5 Å². The summed E-state index contributed by atoms with van der Waals surface area (Å²) in [5.41, 5.74) is 1.24. The Morgan fingerprint density at radius 1 is 1.14 bits per heavy atom. The standard InChI is InChI=1S/C23H29FN2O3/c1-28-21-7-2-5-18(15-21)17-26-12-10-20(11-13-26)25-23(27)9-4-14-29-22-8-3-6-19(24)16-22/h2-3,5-8,15-16,20H,4,9-14,17H2,1H3,(H,25,27). The fourth-order valence-electron chi connectivity index (χ4n) is 3.54. The van der Waals surface area contributed by atoms with Crippen LogP contribution in [0.2, 0.25) is 0 Å². The summed E-state index contributed by atoms with van der Waals surface area (Å²) in [5.74, 6) is 1.11. The number of hydrogen-bond acceptors (Lipinski definition) is 4. The number of methoxy groups -OCH3 is 1. The first-order valence-electron chi connectivity index (χ1n) is 10.2. The van der Waals surface area contributed by atoms with Crippen molar-refractivity contribution in [2.45, 2.75) is 38.3 Å². The van der Waals surface area contributed by atoms with Crippen LogP contribution in [0.4, 0.5) is 4.39 Å². The molecule has 5 nitrogen and oxygen atoms in total. The van der Waals surface area contributed by atoms with Crippen LogP contribution < -0.4 is 14.8 Å². The van der Waals surface area contributed by atoms with Gasteiger partial charge in [-0.05, 0) is 49.1 Å². The molecule has 3 rings (SSSR count). The molecular formula is C23H29FN2O3. The minimum atomic E-state index is -0.321. The van der Waals surface area contributed by atoms with E-state index in [2.05, 4.69) is 22.3 Å². The third-order valence-electron chi connectivity index (χ3n) is 5.11. The van der Waals surface area contributed by atoms with E-state index in [0.29, 0.717) is 25.2 Å². The van der Waals surface area contributed by atoms with Crippen LogP contribution in [-0.4, -0.2) is 43.7 Å². The molecule has 1 aliphatic rings. The Morgan fingerprint density at radius 2 is 1.90 bits per heavy atom. The summed E-state index contributed by atoms with van der Waals surface area (Å²) in [4.78, 5) is 14.6. The van der Waals surface area contributed by atoms with Gasteiger partial charge in [0.15, 0.2) is 0 Å². The van der Waals surface area contributed by atoms with Gasteiger partial charge in [0.1, 0.15) is 17.3 Å². The third kappa shape index (κ3) is 7.06. The lowest BCUT2D eigenvalue weighted by Crippen LogP contribution is -2.44. The smallest absolute Gasteiger partial charge is 0.220 e. The van der Waals surface area contributed by atoms with Gasteiger partial charge in [-0.15, -0.1) is 0 Å². The zero-order valence-corrected chi connectivity index (χ0v) is 16.9. The van der Waals surface area contributed by atoms with Crippen molar-refractivity contribution in [3.8, 4) is 11.5 Å². The fraction of sp³-hybridized carbons (Fsp3) is 0.435. The predicted octanol–water partition coefficient (Wildman–Crippen LogP) is 3.77. The zero-order chi connectivity index (χ0) is 20.5. The van der Waals surface area contributed by atoms with E-state index in [9.17, 15) is 9.18 Å². The van der Waals surface area contributed by atoms with Crippen molar-refractivity contribution < 1.29 is 18.7 Å². The Hall–Kier alpha value is -2.60. The van der Waals surface area contributed by atoms with Crippen molar-refractivity contribution in [2.24, 2.45) is 0 Å². The van der Waals surface area contributed by atoms with Gasteiger partial charge >= 0.3 is 0 Å². The molecule has 29 heavy (non-hydrogen) atoms. The van der Waals surface area contributed by atoms with Gasteiger partial charge in [-0.1, -0.05) is 18.2 Å². The molecule has 0 saturated carbocycles. The molecule has 0 aliphatic carbocycles. The number of carbonyl (C=O) groups excluding carboxylic acids is 1. The number of piperidine rings is 1. The monoisotopic (exact) mass is 400 g/mol. The molecule has 0 spiro atoms. The maximum absolute atomic E-state index is 13.1. The molecule has 1 fully saturated rings. The molecule has 1 N–H and O–H groups in total. The van der Waals surface area contributed by atoms with E-state index >= 15 is 0 Å². The second kappa shape index (κ2) is 10.8. The van der Waals surface area contributed by atoms with E-state index in [-0.39, 0.29) is 17.8 Å². The van der Waals surface area contributed by atoms with Gasteiger partial charge < -0.3 is 14.8 Å². The van der Waals surface area contributed by atoms with Gasteiger partial charge in [0, 0.05) is 38.2 Å². The van der Waals surface area contributed by atoms with E-state index in [4.69, 9.17) is 9.47 Å². The molecule has 0 atom stereocenters. The van der Waals surface area contributed by atoms with E-state index in [1.54, 1.807) is 19.2 Å². The van der Waals surface area contributed by atoms with Gasteiger partial charge in [0.25, 0.3) is 0 Å². The van der Waals surface area contributed by atoms with Crippen LogP contribution in [-0.2, 0) is 11.3 Å². The molecule has 1 heterocycles. The Bertz CT molecular complexity index is 791. The van der Waals surface area contributed by atoms with Crippen molar-refractivity contribution in [1.82, 2.24) is 10.2 Å². The van der Waals surface area contributed by atoms with E-state index < -0.39 is 0 Å². The number of nitrogens with one attached hydrogen (secondary N) is 1. The van der Waals surface area contributed by atoms with Crippen molar-refractivity contribution in [3.63, 3.8) is 0 Å². The minimum Gasteiger partial charge on any atom is -0.497 e. The first-order chi connectivity index (χ1) is 14.1. The number of benzene rings is 2. The number of hydrogen-bond donors (Lipinski definition) is 1. The highest BCUT2D eigenvalue weighted by molar-refractivity contribution is 5.76. The van der Waals surface area contributed by atoms with Crippen LogP contribution in [0.1, 0.15) is 31.2 Å². The van der Waals surface area contributed by atoms with Crippen molar-refractivity contribution >= 4 is 5.91 Å². The van der Waals surface area contributed by atoms with Crippen LogP contribution in [0.3, 0.4) is 0 Å². The Kier molecular flexibility index (Phi) is 7.87. The highest BCUT2D eigenvalue weighted by atomic mass is 19.1. The van der Waals surface area contributed by atoms with E-state index in [1.165, 1.54) is 17.7 Å². The summed E-state index contributed by atoms with van der Waals surface area (Å²) in [6, 6.07) is 14.4. The maximum atomic E-state index is 13.1. The molecule has 1 aliphatic heterocycles. The highest BCUT2D eigenvalue weighted by Gasteiger charge is 2.20. The largest absolute Gasteiger partial charge is 0.497 e. The average molecular weight is 400 g/mol. The fourth-order valence-corrected chi connectivity index (χ4v) is 3.54. The quantitative estimate of drug-likeness (QED) is 0.651. The summed E-state index contributed by atoms with van der Waals surface area (Å²) >= 11 is 0. The normalized spacial score (nSPS) is 15.1. The molecule has 0 radical (unpaired) electrons. The number of rotatable bonds is 9. The average Bonchev–Trinajstić information content (AvgIpc) is 2.73. The van der Waals surface area contributed by atoms with Gasteiger partial charge in [-0.2, -0.15) is 0 Å². The number of ether oxygens (including phenoxy) is 2. The molecular weight excluding hydrogens is 371 g/mol. The lowest BCUT2D eigenvalue weighted by molar-refractivity contribution is -0.122. The first-order valence-corrected chi connectivity index (χ1v) is 10.2. The van der Waals surface area contributed by atoms with Crippen molar-refractivity contribution in [3.05, 3.63) is 59.9 Å². The molecule has 1 saturated heterocycles. The van der Waals surface area contributed by atoms with E-state index in [1.807, 2.05) is 12.1 Å². The highest BCUT2D eigenvalue weighted by Crippen LogP contribution is 2.18. The van der Waals surface area contributed by atoms with Crippen LogP contribution in [0.25, 0.3) is 0 Å². The van der Waals surface area contributed by atoms with Gasteiger partial charge in [-0.3, -0.25) is 9.69 Å². The van der Waals surface area contributed by atoms with Gasteiger partial charge in [-0.25, -0.2) is 4.39 Å². The summed E-state index contributed by atoms with van der Waals surface area (Å²) in [6.45, 7) is 3.22. The van der Waals surface area contributed by atoms with Gasteiger partial charge in [0.05, 0.1) is 13.7 Å². The number of carbonyl (C=O) groups is 1.